The Morgan fingerprint density at radius 1 is 1.14 bits per heavy atom. The maximum Gasteiger partial charge on any atom is 0.127 e. The summed E-state index contributed by atoms with van der Waals surface area (Å²) in [5.41, 5.74) is 3.41. The van der Waals surface area contributed by atoms with Crippen LogP contribution in [-0.4, -0.2) is 24.0 Å². The molecule has 2 rings (SSSR count). The van der Waals surface area contributed by atoms with Gasteiger partial charge in [0, 0.05) is 31.8 Å². The lowest BCUT2D eigenvalue weighted by Crippen LogP contribution is -2.15. The van der Waals surface area contributed by atoms with Crippen LogP contribution in [0.4, 0.5) is 0 Å². The Morgan fingerprint density at radius 2 is 1.95 bits per heavy atom. The van der Waals surface area contributed by atoms with Crippen molar-refractivity contribution in [2.45, 2.75) is 26.4 Å². The van der Waals surface area contributed by atoms with Crippen molar-refractivity contribution in [2.24, 2.45) is 7.05 Å². The van der Waals surface area contributed by atoms with Gasteiger partial charge in [0.15, 0.2) is 0 Å². The number of ether oxygens (including phenoxy) is 2. The van der Waals surface area contributed by atoms with Gasteiger partial charge in [-0.1, -0.05) is 13.0 Å². The van der Waals surface area contributed by atoms with Gasteiger partial charge in [-0.05, 0) is 18.6 Å². The zero-order chi connectivity index (χ0) is 15.2. The van der Waals surface area contributed by atoms with Crippen LogP contribution < -0.4 is 14.8 Å². The minimum atomic E-state index is 0.736. The molecule has 2 aromatic rings. The van der Waals surface area contributed by atoms with E-state index >= 15 is 0 Å². The van der Waals surface area contributed by atoms with Gasteiger partial charge in [-0.15, -0.1) is 0 Å². The van der Waals surface area contributed by atoms with Gasteiger partial charge < -0.3 is 14.8 Å². The predicted molar refractivity (Wildman–Crippen MR) is 82.7 cm³/mol. The first-order valence-corrected chi connectivity index (χ1v) is 7.11. The minimum absolute atomic E-state index is 0.736. The normalized spacial score (nSPS) is 10.7. The van der Waals surface area contributed by atoms with Crippen LogP contribution in [0.1, 0.15) is 23.9 Å². The Bertz CT molecular complexity index is 593. The number of methoxy groups -OCH3 is 2. The van der Waals surface area contributed by atoms with Crippen molar-refractivity contribution in [2.75, 3.05) is 14.2 Å². The summed E-state index contributed by atoms with van der Waals surface area (Å²) in [7, 11) is 5.30. The molecule has 0 unspecified atom stereocenters. The van der Waals surface area contributed by atoms with E-state index in [0.29, 0.717) is 0 Å². The van der Waals surface area contributed by atoms with Crippen LogP contribution in [0.25, 0.3) is 0 Å². The Kier molecular flexibility index (Phi) is 5.22. The quantitative estimate of drug-likeness (QED) is 0.849. The maximum absolute atomic E-state index is 5.40. The van der Waals surface area contributed by atoms with E-state index in [1.807, 2.05) is 29.9 Å². The van der Waals surface area contributed by atoms with E-state index in [1.165, 1.54) is 5.69 Å². The lowest BCUT2D eigenvalue weighted by atomic mass is 10.2. The molecule has 0 atom stereocenters. The van der Waals surface area contributed by atoms with Crippen molar-refractivity contribution in [3.63, 3.8) is 0 Å². The number of hydrogen-bond acceptors (Lipinski definition) is 4. The highest BCUT2D eigenvalue weighted by molar-refractivity contribution is 5.40. The topological polar surface area (TPSA) is 48.3 Å². The van der Waals surface area contributed by atoms with Gasteiger partial charge in [-0.25, -0.2) is 0 Å². The van der Waals surface area contributed by atoms with Crippen molar-refractivity contribution >= 4 is 0 Å². The van der Waals surface area contributed by atoms with Crippen LogP contribution in [-0.2, 0) is 26.6 Å². The predicted octanol–water partition coefficient (Wildman–Crippen LogP) is 2.29. The summed E-state index contributed by atoms with van der Waals surface area (Å²) in [6.07, 6.45) is 0.958. The largest absolute Gasteiger partial charge is 0.497 e. The molecule has 0 fully saturated rings. The van der Waals surface area contributed by atoms with Crippen LogP contribution in [0.2, 0.25) is 0 Å². The van der Waals surface area contributed by atoms with Crippen LogP contribution in [0.3, 0.4) is 0 Å². The number of nitrogens with zero attached hydrogens (tertiary/aromatic N) is 2. The second kappa shape index (κ2) is 7.13. The van der Waals surface area contributed by atoms with Crippen LogP contribution >= 0.6 is 0 Å². The summed E-state index contributed by atoms with van der Waals surface area (Å²) in [6.45, 7) is 3.63. The van der Waals surface area contributed by atoms with Gasteiger partial charge in [-0.2, -0.15) is 5.10 Å². The average molecular weight is 289 g/mol. The molecule has 5 heteroatoms. The molecule has 0 aliphatic carbocycles. The smallest absolute Gasteiger partial charge is 0.127 e. The Hall–Kier alpha value is -2.01. The molecular weight excluding hydrogens is 266 g/mol. The molecule has 0 saturated heterocycles. The molecule has 1 N–H and O–H groups in total. The van der Waals surface area contributed by atoms with Gasteiger partial charge in [0.2, 0.25) is 0 Å². The fraction of sp³-hybridized carbons (Fsp3) is 0.438. The molecule has 114 valence electrons. The highest BCUT2D eigenvalue weighted by Crippen LogP contribution is 2.24. The molecule has 0 saturated carbocycles. The molecule has 0 aliphatic heterocycles. The number of rotatable bonds is 7. The summed E-state index contributed by atoms with van der Waals surface area (Å²) in [6, 6.07) is 8.00. The average Bonchev–Trinajstić information content (AvgIpc) is 2.88. The monoisotopic (exact) mass is 289 g/mol. The SMILES string of the molecule is CCc1cc(CNCc2ccc(OC)cc2OC)n(C)n1. The molecule has 0 amide bonds. The summed E-state index contributed by atoms with van der Waals surface area (Å²) in [5, 5.41) is 7.87. The zero-order valence-electron chi connectivity index (χ0n) is 13.1. The highest BCUT2D eigenvalue weighted by Gasteiger charge is 2.06. The number of benzene rings is 1. The van der Waals surface area contributed by atoms with Crippen molar-refractivity contribution in [3.05, 3.63) is 41.2 Å². The number of aryl methyl sites for hydroxylation is 2. The Balaban J connectivity index is 1.98. The van der Waals surface area contributed by atoms with Crippen LogP contribution in [0.5, 0.6) is 11.5 Å². The number of hydrogen-bond donors (Lipinski definition) is 1. The third-order valence-corrected chi connectivity index (χ3v) is 3.51. The van der Waals surface area contributed by atoms with Gasteiger partial charge >= 0.3 is 0 Å². The van der Waals surface area contributed by atoms with Crippen molar-refractivity contribution < 1.29 is 9.47 Å². The number of aromatic nitrogens is 2. The van der Waals surface area contributed by atoms with Gasteiger partial charge in [0.1, 0.15) is 11.5 Å². The maximum atomic E-state index is 5.40. The molecule has 1 aromatic heterocycles. The highest BCUT2D eigenvalue weighted by atomic mass is 16.5. The molecular formula is C16H23N3O2. The van der Waals surface area contributed by atoms with E-state index < -0.39 is 0 Å². The summed E-state index contributed by atoms with van der Waals surface area (Å²) >= 11 is 0. The molecule has 5 nitrogen and oxygen atoms in total. The molecule has 0 bridgehead atoms. The van der Waals surface area contributed by atoms with Crippen molar-refractivity contribution in [3.8, 4) is 11.5 Å². The lowest BCUT2D eigenvalue weighted by Gasteiger charge is -2.11. The van der Waals surface area contributed by atoms with Crippen molar-refractivity contribution in [1.29, 1.82) is 0 Å². The van der Waals surface area contributed by atoms with Gasteiger partial charge in [0.25, 0.3) is 0 Å². The first-order chi connectivity index (χ1) is 10.2. The van der Waals surface area contributed by atoms with Gasteiger partial charge in [0.05, 0.1) is 25.6 Å². The first-order valence-electron chi connectivity index (χ1n) is 7.11. The van der Waals surface area contributed by atoms with E-state index in [4.69, 9.17) is 9.47 Å². The van der Waals surface area contributed by atoms with E-state index in [9.17, 15) is 0 Å². The second-order valence-corrected chi connectivity index (χ2v) is 4.89. The molecule has 0 radical (unpaired) electrons. The van der Waals surface area contributed by atoms with Crippen LogP contribution in [0.15, 0.2) is 24.3 Å². The molecule has 21 heavy (non-hydrogen) atoms. The summed E-state index contributed by atoms with van der Waals surface area (Å²) < 4.78 is 12.5. The number of nitrogens with one attached hydrogen (secondary N) is 1. The molecule has 1 heterocycles. The zero-order valence-corrected chi connectivity index (χ0v) is 13.1. The molecule has 1 aromatic carbocycles. The summed E-state index contributed by atoms with van der Waals surface area (Å²) in [5.74, 6) is 1.64. The molecule has 0 spiro atoms. The van der Waals surface area contributed by atoms with Gasteiger partial charge in [-0.3, -0.25) is 4.68 Å². The van der Waals surface area contributed by atoms with Crippen LogP contribution in [0, 0.1) is 0 Å². The fourth-order valence-electron chi connectivity index (χ4n) is 2.23. The third kappa shape index (κ3) is 3.76. The van der Waals surface area contributed by atoms with E-state index in [0.717, 1.165) is 42.3 Å². The van der Waals surface area contributed by atoms with E-state index in [1.54, 1.807) is 14.2 Å². The van der Waals surface area contributed by atoms with E-state index in [-0.39, 0.29) is 0 Å². The fourth-order valence-corrected chi connectivity index (χ4v) is 2.23. The molecule has 0 aliphatic rings. The minimum Gasteiger partial charge on any atom is -0.497 e. The van der Waals surface area contributed by atoms with Crippen molar-refractivity contribution in [1.82, 2.24) is 15.1 Å². The first kappa shape index (κ1) is 15.4. The third-order valence-electron chi connectivity index (χ3n) is 3.51. The lowest BCUT2D eigenvalue weighted by molar-refractivity contribution is 0.389. The standard InChI is InChI=1S/C16H23N3O2/c1-5-13-8-14(19(2)18-13)11-17-10-12-6-7-15(20-3)9-16(12)21-4/h6-9,17H,5,10-11H2,1-4H3. The van der Waals surface area contributed by atoms with E-state index in [2.05, 4.69) is 23.4 Å². The summed E-state index contributed by atoms with van der Waals surface area (Å²) in [4.78, 5) is 0. The second-order valence-electron chi connectivity index (χ2n) is 4.89. The Morgan fingerprint density at radius 3 is 2.57 bits per heavy atom. The Labute approximate surface area is 125 Å².